The Hall–Kier alpha value is -1.71. The van der Waals surface area contributed by atoms with Crippen LogP contribution < -0.4 is 31.3 Å². The molecule has 3 rings (SSSR count). The van der Waals surface area contributed by atoms with Crippen molar-refractivity contribution in [2.75, 3.05) is 0 Å². The summed E-state index contributed by atoms with van der Waals surface area (Å²) >= 11 is 0. The zero-order valence-corrected chi connectivity index (χ0v) is 29.0. The molecule has 0 radical (unpaired) electrons. The third-order valence-corrected chi connectivity index (χ3v) is 11.0. The lowest BCUT2D eigenvalue weighted by Crippen LogP contribution is -2.78. The number of carboxylic acids is 3. The number of aliphatic carboxylic acids is 3. The molecule has 43 heavy (non-hydrogen) atoms. The third kappa shape index (κ3) is 6.51. The van der Waals surface area contributed by atoms with Crippen LogP contribution in [0.1, 0.15) is 129 Å². The minimum absolute atomic E-state index is 0.189. The van der Waals surface area contributed by atoms with Gasteiger partial charge in [0, 0.05) is 38.6 Å². The van der Waals surface area contributed by atoms with Gasteiger partial charge in [0.05, 0.1) is 23.3 Å². The largest absolute Gasteiger partial charge is 0.549 e. The van der Waals surface area contributed by atoms with E-state index in [1.165, 1.54) is 0 Å². The van der Waals surface area contributed by atoms with Gasteiger partial charge < -0.3 is 45.7 Å². The van der Waals surface area contributed by atoms with Crippen molar-refractivity contribution in [3.63, 3.8) is 0 Å². The molecule has 3 aliphatic rings. The lowest BCUT2D eigenvalue weighted by molar-refractivity contribution is -0.380. The van der Waals surface area contributed by atoms with Crippen LogP contribution in [0, 0.1) is 34.5 Å². The van der Waals surface area contributed by atoms with Crippen LogP contribution in [0.25, 0.3) is 0 Å². The Kier molecular flexibility index (Phi) is 8.89. The molecule has 3 saturated heterocycles. The fourth-order valence-electron chi connectivity index (χ4n) is 11.3. The molecule has 3 fully saturated rings. The summed E-state index contributed by atoms with van der Waals surface area (Å²) in [4.78, 5) is 40.6. The maximum absolute atomic E-state index is 13.5. The normalized spacial score (nSPS) is 28.1. The van der Waals surface area contributed by atoms with Crippen LogP contribution in [0.4, 0.5) is 0 Å². The molecule has 0 saturated carbocycles. The van der Waals surface area contributed by atoms with Gasteiger partial charge >= 0.3 is 0 Å². The highest BCUT2D eigenvalue weighted by Gasteiger charge is 2.69. The second-order valence-corrected chi connectivity index (χ2v) is 18.4. The Morgan fingerprint density at radius 1 is 0.535 bits per heavy atom. The van der Waals surface area contributed by atoms with E-state index in [9.17, 15) is 29.7 Å². The molecular weight excluding hydrogens is 546 g/mol. The van der Waals surface area contributed by atoms with Crippen molar-refractivity contribution in [3.05, 3.63) is 0 Å². The minimum atomic E-state index is -3.38. The zero-order valence-electron chi connectivity index (χ0n) is 29.0. The van der Waals surface area contributed by atoms with Crippen molar-refractivity contribution in [2.24, 2.45) is 34.5 Å². The van der Waals surface area contributed by atoms with E-state index in [4.69, 9.17) is 0 Å². The molecule has 0 amide bonds. The Balaban J connectivity index is 2.55. The van der Waals surface area contributed by atoms with Gasteiger partial charge in [0.2, 0.25) is 0 Å². The Morgan fingerprint density at radius 2 is 0.767 bits per heavy atom. The second kappa shape index (κ2) is 10.7. The number of nitrogens with one attached hydrogen (secondary N) is 3. The highest BCUT2D eigenvalue weighted by molar-refractivity contribution is 6.15. The van der Waals surface area contributed by atoms with Gasteiger partial charge in [0.25, 0.3) is 0 Å². The van der Waals surface area contributed by atoms with Gasteiger partial charge in [-0.2, -0.15) is 0 Å². The SMILES string of the molecule is CC(C1CC(C)(C)NC(C)(C)C1)C(C1CC(C)(C)NC(C)(C)C1)(C1CC(C)(C)NC(C)(C)C1)C(C(=O)[O-])(C(=O)[O-])C(=O)[O-]. The first-order valence-electron chi connectivity index (χ1n) is 16.1. The number of piperidine rings is 3. The van der Waals surface area contributed by atoms with E-state index in [1.54, 1.807) is 0 Å². The number of hydrogen-bond acceptors (Lipinski definition) is 9. The predicted molar refractivity (Wildman–Crippen MR) is 161 cm³/mol. The van der Waals surface area contributed by atoms with Gasteiger partial charge in [-0.1, -0.05) is 6.92 Å². The molecule has 0 aromatic heterocycles. The maximum Gasteiger partial charge on any atom is 0.0951 e. The van der Waals surface area contributed by atoms with Gasteiger partial charge in [-0.3, -0.25) is 0 Å². The van der Waals surface area contributed by atoms with Crippen LogP contribution in [-0.4, -0.2) is 51.1 Å². The Bertz CT molecular complexity index is 999. The summed E-state index contributed by atoms with van der Waals surface area (Å²) < 4.78 is 0. The molecule has 3 heterocycles. The quantitative estimate of drug-likeness (QED) is 0.350. The van der Waals surface area contributed by atoms with Crippen molar-refractivity contribution in [3.8, 4) is 0 Å². The first-order chi connectivity index (χ1) is 19.0. The lowest BCUT2D eigenvalue weighted by Gasteiger charge is -2.69. The van der Waals surface area contributed by atoms with Crippen molar-refractivity contribution in [1.82, 2.24) is 16.0 Å². The molecule has 0 aromatic carbocycles. The van der Waals surface area contributed by atoms with Gasteiger partial charge in [0.15, 0.2) is 0 Å². The fraction of sp³-hybridized carbons (Fsp3) is 0.912. The van der Waals surface area contributed by atoms with Crippen molar-refractivity contribution in [2.45, 2.75) is 162 Å². The zero-order chi connectivity index (χ0) is 33.4. The topological polar surface area (TPSA) is 156 Å². The van der Waals surface area contributed by atoms with Crippen LogP contribution in [0.15, 0.2) is 0 Å². The first kappa shape index (κ1) is 35.8. The molecule has 248 valence electrons. The highest BCUT2D eigenvalue weighted by Crippen LogP contribution is 2.66. The summed E-state index contributed by atoms with van der Waals surface area (Å²) in [7, 11) is 0. The molecule has 0 spiro atoms. The number of carboxylic acid groups (broad SMARTS) is 3. The van der Waals surface area contributed by atoms with E-state index >= 15 is 0 Å². The van der Waals surface area contributed by atoms with Crippen LogP contribution in [0.2, 0.25) is 0 Å². The molecule has 9 heteroatoms. The number of hydrogen-bond donors (Lipinski definition) is 3. The lowest BCUT2D eigenvalue weighted by atomic mass is 9.39. The second-order valence-electron chi connectivity index (χ2n) is 18.4. The van der Waals surface area contributed by atoms with Crippen LogP contribution in [0.3, 0.4) is 0 Å². The van der Waals surface area contributed by atoms with Gasteiger partial charge in [0.1, 0.15) is 0 Å². The van der Waals surface area contributed by atoms with E-state index in [-0.39, 0.29) is 17.0 Å². The standard InChI is InChI=1S/C34H61N3O6/c1-20(21-14-27(2,3)35-28(4,5)15-21)33(34(24(38)39,25(40)41)26(42)43,22-16-29(6,7)36-30(8,9)17-22)23-18-31(10,11)37-32(12,13)19-23/h20-23,35-37H,14-19H2,1-13H3,(H,38,39)(H,40,41)(H,42,43)/p-3. The summed E-state index contributed by atoms with van der Waals surface area (Å²) in [6, 6.07) is 0. The van der Waals surface area contributed by atoms with Crippen molar-refractivity contribution < 1.29 is 29.7 Å². The average molecular weight is 605 g/mol. The molecule has 0 bridgehead atoms. The van der Waals surface area contributed by atoms with Gasteiger partial charge in [-0.05, 0) is 145 Å². The summed E-state index contributed by atoms with van der Waals surface area (Å²) in [5.41, 5.74) is -8.00. The first-order valence-corrected chi connectivity index (χ1v) is 16.1. The smallest absolute Gasteiger partial charge is 0.0951 e. The van der Waals surface area contributed by atoms with E-state index in [2.05, 4.69) is 43.6 Å². The van der Waals surface area contributed by atoms with Crippen LogP contribution >= 0.6 is 0 Å². The molecule has 0 aliphatic carbocycles. The third-order valence-electron chi connectivity index (χ3n) is 11.0. The van der Waals surface area contributed by atoms with E-state index in [0.717, 1.165) is 0 Å². The van der Waals surface area contributed by atoms with E-state index < -0.39 is 68.6 Å². The molecular formula is C34H58N3O6-3. The Morgan fingerprint density at radius 3 is 1.00 bits per heavy atom. The fourth-order valence-corrected chi connectivity index (χ4v) is 11.3. The van der Waals surface area contributed by atoms with Gasteiger partial charge in [-0.15, -0.1) is 0 Å². The number of carbonyl (C=O) groups is 3. The molecule has 3 aliphatic heterocycles. The molecule has 0 aromatic rings. The molecule has 3 N–H and O–H groups in total. The Labute approximate surface area is 259 Å². The number of rotatable bonds is 8. The van der Waals surface area contributed by atoms with Gasteiger partial charge in [-0.25, -0.2) is 0 Å². The van der Waals surface area contributed by atoms with E-state index in [1.807, 2.05) is 62.3 Å². The summed E-state index contributed by atoms with van der Waals surface area (Å²) in [5.74, 6) is -8.49. The highest BCUT2D eigenvalue weighted by atomic mass is 16.4. The minimum Gasteiger partial charge on any atom is -0.549 e. The molecule has 1 atom stereocenters. The monoisotopic (exact) mass is 604 g/mol. The summed E-state index contributed by atoms with van der Waals surface area (Å²) in [6.45, 7) is 26.4. The van der Waals surface area contributed by atoms with Crippen molar-refractivity contribution in [1.29, 1.82) is 0 Å². The molecule has 1 unspecified atom stereocenters. The summed E-state index contributed by atoms with van der Waals surface area (Å²) in [6.07, 6.45) is 2.80. The van der Waals surface area contributed by atoms with E-state index in [0.29, 0.717) is 38.5 Å². The maximum atomic E-state index is 13.5. The molecule has 9 nitrogen and oxygen atoms in total. The van der Waals surface area contributed by atoms with Crippen LogP contribution in [0.5, 0.6) is 0 Å². The van der Waals surface area contributed by atoms with Crippen molar-refractivity contribution >= 4 is 17.9 Å². The average Bonchev–Trinajstić information content (AvgIpc) is 2.69. The van der Waals surface area contributed by atoms with Crippen LogP contribution in [-0.2, 0) is 14.4 Å². The summed E-state index contributed by atoms with van der Waals surface area (Å²) in [5, 5.41) is 51.5. The predicted octanol–water partition coefficient (Wildman–Crippen LogP) is 1.52. The number of carbonyl (C=O) groups excluding carboxylic acids is 3.